The van der Waals surface area contributed by atoms with Crippen molar-refractivity contribution in [2.45, 2.75) is 33.2 Å². The molecule has 0 saturated heterocycles. The maximum absolute atomic E-state index is 13.2. The van der Waals surface area contributed by atoms with E-state index in [2.05, 4.69) is 5.10 Å². The molecule has 156 valence electrons. The van der Waals surface area contributed by atoms with Gasteiger partial charge in [-0.2, -0.15) is 5.10 Å². The summed E-state index contributed by atoms with van der Waals surface area (Å²) in [7, 11) is 0. The molecule has 0 spiro atoms. The van der Waals surface area contributed by atoms with Crippen molar-refractivity contribution < 1.29 is 23.5 Å². The van der Waals surface area contributed by atoms with Crippen molar-refractivity contribution in [1.82, 2.24) is 0 Å². The summed E-state index contributed by atoms with van der Waals surface area (Å²) in [5.74, 6) is -2.26. The molecule has 0 bridgehead atoms. The van der Waals surface area contributed by atoms with E-state index in [1.165, 1.54) is 29.3 Å². The average molecular weight is 411 g/mol. The van der Waals surface area contributed by atoms with Crippen molar-refractivity contribution in [1.29, 1.82) is 0 Å². The Hall–Kier alpha value is -3.55. The van der Waals surface area contributed by atoms with E-state index in [4.69, 9.17) is 10.5 Å². The van der Waals surface area contributed by atoms with Crippen LogP contribution in [0.15, 0.2) is 41.5 Å². The molecule has 2 N–H and O–H groups in total. The lowest BCUT2D eigenvalue weighted by atomic mass is 9.97. The van der Waals surface area contributed by atoms with Crippen LogP contribution >= 0.6 is 0 Å². The minimum atomic E-state index is -0.907. The summed E-state index contributed by atoms with van der Waals surface area (Å²) in [5.41, 5.74) is 8.97. The molecule has 2 aromatic rings. The summed E-state index contributed by atoms with van der Waals surface area (Å²) in [6.45, 7) is 5.15. The van der Waals surface area contributed by atoms with Gasteiger partial charge in [-0.3, -0.25) is 14.6 Å². The predicted molar refractivity (Wildman–Crippen MR) is 110 cm³/mol. The number of hydrazone groups is 1. The summed E-state index contributed by atoms with van der Waals surface area (Å²) < 4.78 is 18.3. The molecule has 1 atom stereocenters. The van der Waals surface area contributed by atoms with E-state index in [1.807, 2.05) is 32.9 Å². The van der Waals surface area contributed by atoms with E-state index < -0.39 is 30.3 Å². The number of primary amides is 1. The van der Waals surface area contributed by atoms with Crippen LogP contribution in [0.5, 0.6) is 0 Å². The number of aryl methyl sites for hydroxylation is 3. The number of Topliss-reactive ketones (excluding diaryl/α,β-unsaturated/α-hetero) is 1. The van der Waals surface area contributed by atoms with Gasteiger partial charge in [0, 0.05) is 12.0 Å². The van der Waals surface area contributed by atoms with E-state index in [0.29, 0.717) is 11.3 Å². The molecule has 1 amide bonds. The zero-order chi connectivity index (χ0) is 22.0. The third-order valence-corrected chi connectivity index (χ3v) is 4.86. The molecule has 30 heavy (non-hydrogen) atoms. The molecule has 7 nitrogen and oxygen atoms in total. The third-order valence-electron chi connectivity index (χ3n) is 4.86. The van der Waals surface area contributed by atoms with Crippen molar-refractivity contribution in [3.8, 4) is 0 Å². The van der Waals surface area contributed by atoms with Gasteiger partial charge >= 0.3 is 5.97 Å². The van der Waals surface area contributed by atoms with Gasteiger partial charge < -0.3 is 10.5 Å². The first-order valence-corrected chi connectivity index (χ1v) is 9.37. The number of hydrogen-bond acceptors (Lipinski definition) is 6. The number of anilines is 1. The number of carbonyl (C=O) groups is 3. The Morgan fingerprint density at radius 3 is 2.30 bits per heavy atom. The predicted octanol–water partition coefficient (Wildman–Crippen LogP) is 2.60. The van der Waals surface area contributed by atoms with E-state index in [0.717, 1.165) is 16.7 Å². The highest BCUT2D eigenvalue weighted by Crippen LogP contribution is 2.25. The molecule has 1 aliphatic heterocycles. The van der Waals surface area contributed by atoms with Crippen LogP contribution in [0.2, 0.25) is 0 Å². The monoisotopic (exact) mass is 411 g/mol. The molecule has 0 radical (unpaired) electrons. The molecule has 8 heteroatoms. The number of esters is 1. The van der Waals surface area contributed by atoms with E-state index >= 15 is 0 Å². The summed E-state index contributed by atoms with van der Waals surface area (Å²) in [6.07, 6.45) is -0.0671. The van der Waals surface area contributed by atoms with Crippen LogP contribution in [0.3, 0.4) is 0 Å². The van der Waals surface area contributed by atoms with E-state index in [-0.39, 0.29) is 17.9 Å². The first-order valence-electron chi connectivity index (χ1n) is 9.37. The van der Waals surface area contributed by atoms with E-state index in [9.17, 15) is 18.8 Å². The van der Waals surface area contributed by atoms with Crippen molar-refractivity contribution in [3.05, 3.63) is 64.5 Å². The number of ketones is 1. The van der Waals surface area contributed by atoms with Crippen LogP contribution < -0.4 is 10.7 Å². The molecule has 1 heterocycles. The number of rotatable bonds is 6. The fraction of sp³-hybridized carbons (Fsp3) is 0.273. The van der Waals surface area contributed by atoms with Crippen molar-refractivity contribution in [2.24, 2.45) is 10.8 Å². The van der Waals surface area contributed by atoms with Crippen LogP contribution in [0, 0.1) is 26.6 Å². The molecular weight excluding hydrogens is 389 g/mol. The Morgan fingerprint density at radius 1 is 1.13 bits per heavy atom. The highest BCUT2D eigenvalue weighted by Gasteiger charge is 2.36. The lowest BCUT2D eigenvalue weighted by Gasteiger charge is -2.20. The van der Waals surface area contributed by atoms with Crippen molar-refractivity contribution in [2.75, 3.05) is 11.6 Å². The maximum Gasteiger partial charge on any atom is 0.355 e. The molecule has 0 aliphatic carbocycles. The largest absolute Gasteiger partial charge is 0.453 e. The summed E-state index contributed by atoms with van der Waals surface area (Å²) in [6, 6.07) is 8.15. The first-order chi connectivity index (χ1) is 14.2. The van der Waals surface area contributed by atoms with Gasteiger partial charge in [-0.25, -0.2) is 9.18 Å². The number of nitrogens with two attached hydrogens (primary N) is 1. The Morgan fingerprint density at radius 2 is 1.73 bits per heavy atom. The minimum absolute atomic E-state index is 0.0340. The Kier molecular flexibility index (Phi) is 5.96. The first kappa shape index (κ1) is 21.2. The number of ether oxygens (including phenoxy) is 1. The smallest absolute Gasteiger partial charge is 0.355 e. The zero-order valence-corrected chi connectivity index (χ0v) is 16.9. The second-order valence-electron chi connectivity index (χ2n) is 7.26. The fourth-order valence-corrected chi connectivity index (χ4v) is 3.59. The van der Waals surface area contributed by atoms with Crippen molar-refractivity contribution >= 4 is 29.1 Å². The lowest BCUT2D eigenvalue weighted by Crippen LogP contribution is -2.39. The number of halogens is 1. The maximum atomic E-state index is 13.2. The molecule has 1 aliphatic rings. The summed E-state index contributed by atoms with van der Waals surface area (Å²) >= 11 is 0. The summed E-state index contributed by atoms with van der Waals surface area (Å²) in [4.78, 5) is 36.8. The highest BCUT2D eigenvalue weighted by atomic mass is 19.1. The fourth-order valence-electron chi connectivity index (χ4n) is 3.59. The molecule has 3 rings (SSSR count). The van der Waals surface area contributed by atoms with Crippen molar-refractivity contribution in [3.63, 3.8) is 0 Å². The third kappa shape index (κ3) is 4.37. The summed E-state index contributed by atoms with van der Waals surface area (Å²) in [5, 5.41) is 5.39. The second-order valence-corrected chi connectivity index (χ2v) is 7.26. The van der Waals surface area contributed by atoms with Gasteiger partial charge in [0.1, 0.15) is 17.6 Å². The van der Waals surface area contributed by atoms with Gasteiger partial charge in [-0.15, -0.1) is 0 Å². The quantitative estimate of drug-likeness (QED) is 0.582. The van der Waals surface area contributed by atoms with Gasteiger partial charge in [-0.1, -0.05) is 17.7 Å². The van der Waals surface area contributed by atoms with Crippen LogP contribution in [-0.4, -0.2) is 36.0 Å². The Labute approximate surface area is 173 Å². The highest BCUT2D eigenvalue weighted by molar-refractivity contribution is 6.38. The molecular formula is C22H22FN3O4. The van der Waals surface area contributed by atoms with Crippen LogP contribution in [0.1, 0.15) is 33.5 Å². The Bertz CT molecular complexity index is 1020. The topological polar surface area (TPSA) is 102 Å². The standard InChI is InChI=1S/C22H22FN3O4/c1-12-8-13(2)20(14(3)9-12)19(27)11-30-22(29)17-10-18(21(24)28)26(25-17)16-6-4-15(23)5-7-16/h4-9,18H,10-11H2,1-3H3,(H2,24,28)/t18-/m0/s1. The van der Waals surface area contributed by atoms with Crippen LogP contribution in [-0.2, 0) is 14.3 Å². The van der Waals surface area contributed by atoms with Gasteiger partial charge in [0.25, 0.3) is 0 Å². The molecule has 0 aromatic heterocycles. The minimum Gasteiger partial charge on any atom is -0.453 e. The number of amides is 1. The van der Waals surface area contributed by atoms with Gasteiger partial charge in [0.2, 0.25) is 11.7 Å². The van der Waals surface area contributed by atoms with Crippen LogP contribution in [0.4, 0.5) is 10.1 Å². The molecule has 0 fully saturated rings. The van der Waals surface area contributed by atoms with Gasteiger partial charge in [-0.05, 0) is 56.2 Å². The molecule has 2 aromatic carbocycles. The van der Waals surface area contributed by atoms with Crippen LogP contribution in [0.25, 0.3) is 0 Å². The second kappa shape index (κ2) is 8.44. The Balaban J connectivity index is 1.73. The molecule has 0 unspecified atom stereocenters. The lowest BCUT2D eigenvalue weighted by molar-refractivity contribution is -0.134. The molecule has 0 saturated carbocycles. The number of hydrogen-bond donors (Lipinski definition) is 1. The number of carbonyl (C=O) groups excluding carboxylic acids is 3. The van der Waals surface area contributed by atoms with Gasteiger partial charge in [0.05, 0.1) is 5.69 Å². The van der Waals surface area contributed by atoms with E-state index in [1.54, 1.807) is 0 Å². The number of benzene rings is 2. The van der Waals surface area contributed by atoms with Gasteiger partial charge in [0.15, 0.2) is 6.61 Å². The zero-order valence-electron chi connectivity index (χ0n) is 16.9. The normalized spacial score (nSPS) is 15.7. The average Bonchev–Trinajstić information content (AvgIpc) is 3.11. The number of nitrogens with zero attached hydrogens (tertiary/aromatic N) is 2. The SMILES string of the molecule is Cc1cc(C)c(C(=O)COC(=O)C2=NN(c3ccc(F)cc3)[C@H](C(N)=O)C2)c(C)c1.